The normalized spacial score (nSPS) is 11.2. The number of pyridine rings is 1. The van der Waals surface area contributed by atoms with Crippen molar-refractivity contribution in [2.75, 3.05) is 6.61 Å². The minimum atomic E-state index is -1.84. The number of ether oxygens (including phenoxy) is 1. The van der Waals surface area contributed by atoms with E-state index in [0.29, 0.717) is 10.4 Å². The van der Waals surface area contributed by atoms with E-state index < -0.39 is 5.40 Å². The largest absolute Gasteiger partial charge is 0.476 e. The summed E-state index contributed by atoms with van der Waals surface area (Å²) in [4.78, 5) is 3.89. The van der Waals surface area contributed by atoms with Gasteiger partial charge in [0.1, 0.15) is 22.3 Å². The summed E-state index contributed by atoms with van der Waals surface area (Å²) >= 11 is 3.21. The Morgan fingerprint density at radius 3 is 2.85 bits per heavy atom. The van der Waals surface area contributed by atoms with Gasteiger partial charge in [-0.25, -0.2) is 4.98 Å². The van der Waals surface area contributed by atoms with Crippen LogP contribution in [-0.2, 0) is 0 Å². The molecule has 0 saturated heterocycles. The van der Waals surface area contributed by atoms with E-state index in [1.807, 2.05) is 0 Å². The molecule has 0 amide bonds. The van der Waals surface area contributed by atoms with E-state index >= 15 is 0 Å². The molecule has 0 spiro atoms. The van der Waals surface area contributed by atoms with Gasteiger partial charge in [-0.1, -0.05) is 0 Å². The Labute approximate surface area is 87.5 Å². The molecule has 13 heavy (non-hydrogen) atoms. The summed E-state index contributed by atoms with van der Waals surface area (Å²) in [6.07, 6.45) is 1.56. The second-order valence-corrected chi connectivity index (χ2v) is 3.42. The molecule has 0 aliphatic heterocycles. The molecule has 1 N–H and O–H groups in total. The average molecular weight is 238 g/mol. The summed E-state index contributed by atoms with van der Waals surface area (Å²) in [5.41, 5.74) is 0. The quantitative estimate of drug-likeness (QED) is 0.764. The fourth-order valence-corrected chi connectivity index (χ4v) is 1.03. The van der Waals surface area contributed by atoms with Gasteiger partial charge in [-0.2, -0.15) is 0 Å². The summed E-state index contributed by atoms with van der Waals surface area (Å²) in [5, 5.41) is 7.12. The maximum absolute atomic E-state index is 8.96. The van der Waals surface area contributed by atoms with Crippen LogP contribution in [0.25, 0.3) is 0 Å². The van der Waals surface area contributed by atoms with Crippen LogP contribution in [0.2, 0.25) is 0 Å². The molecular weight excluding hydrogens is 232 g/mol. The van der Waals surface area contributed by atoms with Gasteiger partial charge >= 0.3 is 0 Å². The highest BCUT2D eigenvalue weighted by atomic mass is 79.9. The molecule has 0 bridgehead atoms. The van der Waals surface area contributed by atoms with E-state index in [1.165, 1.54) is 0 Å². The predicted molar refractivity (Wildman–Crippen MR) is 53.9 cm³/mol. The molecule has 0 aliphatic rings. The third-order valence-electron chi connectivity index (χ3n) is 1.16. The van der Waals surface area contributed by atoms with Crippen molar-refractivity contribution in [1.82, 2.24) is 4.98 Å². The van der Waals surface area contributed by atoms with Crippen LogP contribution in [0.3, 0.4) is 0 Å². The standard InChI is InChI=1S/C7H6B2BrNO2/c8-7(9,12)4-13-6-5(10)2-1-3-11-6/h1-3,12H,4H2. The van der Waals surface area contributed by atoms with Crippen LogP contribution in [0, 0.1) is 0 Å². The molecule has 3 nitrogen and oxygen atoms in total. The molecule has 0 aromatic carbocycles. The van der Waals surface area contributed by atoms with Gasteiger partial charge in [-0.15, -0.1) is 0 Å². The first-order valence-electron chi connectivity index (χ1n) is 3.52. The molecule has 64 valence electrons. The van der Waals surface area contributed by atoms with Gasteiger partial charge in [0.2, 0.25) is 5.88 Å². The zero-order valence-corrected chi connectivity index (χ0v) is 8.36. The minimum absolute atomic E-state index is 0.220. The Morgan fingerprint density at radius 1 is 1.62 bits per heavy atom. The third-order valence-corrected chi connectivity index (χ3v) is 1.77. The van der Waals surface area contributed by atoms with Crippen molar-refractivity contribution >= 4 is 31.6 Å². The highest BCUT2D eigenvalue weighted by Crippen LogP contribution is 2.20. The lowest BCUT2D eigenvalue weighted by molar-refractivity contribution is 0.132. The molecule has 0 fully saturated rings. The number of nitrogens with zero attached hydrogens (tertiary/aromatic N) is 1. The molecule has 0 atom stereocenters. The molecule has 0 unspecified atom stereocenters. The highest BCUT2D eigenvalue weighted by molar-refractivity contribution is 9.10. The lowest BCUT2D eigenvalue weighted by atomic mass is 9.66. The van der Waals surface area contributed by atoms with Gasteiger partial charge in [0.05, 0.1) is 4.47 Å². The Balaban J connectivity index is 2.60. The summed E-state index contributed by atoms with van der Waals surface area (Å²) in [6, 6.07) is 3.50. The van der Waals surface area contributed by atoms with Gasteiger partial charge in [0.15, 0.2) is 0 Å². The van der Waals surface area contributed by atoms with E-state index in [1.54, 1.807) is 18.3 Å². The minimum Gasteiger partial charge on any atom is -0.476 e. The van der Waals surface area contributed by atoms with Crippen LogP contribution in [0.4, 0.5) is 0 Å². The van der Waals surface area contributed by atoms with Gasteiger partial charge in [0.25, 0.3) is 0 Å². The van der Waals surface area contributed by atoms with E-state index in [0.717, 1.165) is 0 Å². The summed E-state index contributed by atoms with van der Waals surface area (Å²) < 4.78 is 5.72. The Kier molecular flexibility index (Phi) is 3.39. The lowest BCUT2D eigenvalue weighted by Crippen LogP contribution is -2.36. The number of rotatable bonds is 3. The zero-order chi connectivity index (χ0) is 9.90. The van der Waals surface area contributed by atoms with Crippen molar-refractivity contribution < 1.29 is 9.84 Å². The van der Waals surface area contributed by atoms with Crippen molar-refractivity contribution in [3.05, 3.63) is 22.8 Å². The van der Waals surface area contributed by atoms with Crippen LogP contribution in [0.15, 0.2) is 22.8 Å². The van der Waals surface area contributed by atoms with Gasteiger partial charge < -0.3 is 9.84 Å². The molecule has 0 saturated carbocycles. The summed E-state index contributed by atoms with van der Waals surface area (Å²) in [6.45, 7) is -0.220. The van der Waals surface area contributed by atoms with Crippen molar-refractivity contribution in [2.45, 2.75) is 5.40 Å². The first-order chi connectivity index (χ1) is 5.99. The van der Waals surface area contributed by atoms with Crippen LogP contribution >= 0.6 is 15.9 Å². The monoisotopic (exact) mass is 237 g/mol. The van der Waals surface area contributed by atoms with Crippen molar-refractivity contribution in [2.24, 2.45) is 0 Å². The van der Waals surface area contributed by atoms with Crippen LogP contribution in [0.1, 0.15) is 0 Å². The number of hydrogen-bond donors (Lipinski definition) is 1. The van der Waals surface area contributed by atoms with Crippen molar-refractivity contribution in [1.29, 1.82) is 0 Å². The first-order valence-corrected chi connectivity index (χ1v) is 4.32. The molecule has 1 rings (SSSR count). The van der Waals surface area contributed by atoms with Crippen LogP contribution < -0.4 is 4.74 Å². The molecule has 4 radical (unpaired) electrons. The number of halogens is 1. The van der Waals surface area contributed by atoms with Gasteiger partial charge in [-0.3, -0.25) is 0 Å². The fourth-order valence-electron chi connectivity index (χ4n) is 0.661. The molecule has 6 heteroatoms. The van der Waals surface area contributed by atoms with Crippen LogP contribution in [0.5, 0.6) is 5.88 Å². The molecule has 1 heterocycles. The number of aromatic nitrogens is 1. The molecular formula is C7H6B2BrNO2. The molecule has 1 aromatic heterocycles. The van der Waals surface area contributed by atoms with Crippen molar-refractivity contribution in [3.8, 4) is 5.88 Å². The summed E-state index contributed by atoms with van der Waals surface area (Å²) in [7, 11) is 10.2. The first kappa shape index (κ1) is 10.6. The smallest absolute Gasteiger partial charge is 0.227 e. The van der Waals surface area contributed by atoms with E-state index in [4.69, 9.17) is 25.5 Å². The SMILES string of the molecule is [B]C([B])(O)COc1ncccc1Br. The van der Waals surface area contributed by atoms with E-state index in [2.05, 4.69) is 20.9 Å². The Bertz CT molecular complexity index is 290. The van der Waals surface area contributed by atoms with Gasteiger partial charge in [0, 0.05) is 11.6 Å². The second kappa shape index (κ2) is 4.15. The third kappa shape index (κ3) is 3.83. The molecule has 0 aliphatic carbocycles. The fraction of sp³-hybridized carbons (Fsp3) is 0.286. The zero-order valence-electron chi connectivity index (χ0n) is 6.77. The topological polar surface area (TPSA) is 42.4 Å². The van der Waals surface area contributed by atoms with Gasteiger partial charge in [-0.05, 0) is 28.1 Å². The lowest BCUT2D eigenvalue weighted by Gasteiger charge is -2.18. The molecule has 1 aromatic rings. The van der Waals surface area contributed by atoms with E-state index in [-0.39, 0.29) is 6.61 Å². The number of hydrogen-bond acceptors (Lipinski definition) is 3. The predicted octanol–water partition coefficient (Wildman–Crippen LogP) is 0.206. The maximum atomic E-state index is 8.96. The number of aliphatic hydroxyl groups is 1. The Morgan fingerprint density at radius 2 is 2.31 bits per heavy atom. The average Bonchev–Trinajstić information content (AvgIpc) is 2.01. The van der Waals surface area contributed by atoms with Crippen molar-refractivity contribution in [3.63, 3.8) is 0 Å². The van der Waals surface area contributed by atoms with E-state index in [9.17, 15) is 0 Å². The highest BCUT2D eigenvalue weighted by Gasteiger charge is 2.13. The second-order valence-electron chi connectivity index (χ2n) is 2.57. The summed E-state index contributed by atoms with van der Waals surface area (Å²) in [5.74, 6) is 0.344. The van der Waals surface area contributed by atoms with Crippen LogP contribution in [-0.4, -0.2) is 37.8 Å². The Hall–Kier alpha value is -0.480. The maximum Gasteiger partial charge on any atom is 0.227 e.